The highest BCUT2D eigenvalue weighted by Crippen LogP contribution is 2.28. The van der Waals surface area contributed by atoms with Gasteiger partial charge < -0.3 is 15.4 Å². The quantitative estimate of drug-likeness (QED) is 0.679. The highest BCUT2D eigenvalue weighted by Gasteiger charge is 2.18. The summed E-state index contributed by atoms with van der Waals surface area (Å²) in [6, 6.07) is 6.06. The van der Waals surface area contributed by atoms with Gasteiger partial charge in [-0.25, -0.2) is 23.7 Å². The Hall–Kier alpha value is -2.58. The Balaban J connectivity index is 1.69. The third-order valence-electron chi connectivity index (χ3n) is 4.05. The van der Waals surface area contributed by atoms with Gasteiger partial charge in [-0.05, 0) is 31.2 Å². The van der Waals surface area contributed by atoms with Crippen molar-refractivity contribution in [1.29, 1.82) is 0 Å². The molecule has 0 amide bonds. The molecular weight excluding hydrogens is 364 g/mol. The van der Waals surface area contributed by atoms with Crippen LogP contribution in [0.25, 0.3) is 11.0 Å². The molecule has 3 aromatic rings. The van der Waals surface area contributed by atoms with Gasteiger partial charge in [0.1, 0.15) is 17.9 Å². The molecule has 2 N–H and O–H groups in total. The fraction of sp³-hybridized carbons (Fsp3) is 0.235. The fourth-order valence-electron chi connectivity index (χ4n) is 2.73. The third kappa shape index (κ3) is 3.25. The second-order valence-corrected chi connectivity index (χ2v) is 6.23. The molecule has 0 radical (unpaired) electrons. The first kappa shape index (κ1) is 16.9. The van der Waals surface area contributed by atoms with E-state index in [-0.39, 0.29) is 22.6 Å². The number of pyridine rings is 1. The van der Waals surface area contributed by atoms with Gasteiger partial charge in [0.15, 0.2) is 17.5 Å². The molecule has 2 aromatic heterocycles. The fourth-order valence-corrected chi connectivity index (χ4v) is 2.87. The summed E-state index contributed by atoms with van der Waals surface area (Å²) >= 11 is 5.58. The van der Waals surface area contributed by atoms with Crippen molar-refractivity contribution in [3.05, 3.63) is 47.2 Å². The van der Waals surface area contributed by atoms with E-state index in [0.717, 1.165) is 19.5 Å². The number of rotatable bonds is 4. The smallest absolute Gasteiger partial charge is 0.214 e. The number of ether oxygens (including phenoxy) is 1. The zero-order valence-electron chi connectivity index (χ0n) is 13.5. The molecule has 0 spiro atoms. The first-order valence-electron chi connectivity index (χ1n) is 8.01. The number of halogens is 3. The van der Waals surface area contributed by atoms with Gasteiger partial charge in [-0.2, -0.15) is 0 Å². The van der Waals surface area contributed by atoms with E-state index in [4.69, 9.17) is 16.3 Å². The zero-order valence-corrected chi connectivity index (χ0v) is 14.2. The van der Waals surface area contributed by atoms with Crippen LogP contribution in [-0.2, 0) is 0 Å². The monoisotopic (exact) mass is 377 g/mol. The van der Waals surface area contributed by atoms with Crippen LogP contribution in [0.3, 0.4) is 0 Å². The lowest BCUT2D eigenvalue weighted by Gasteiger charge is -2.13. The number of hydrogen-bond acceptors (Lipinski definition) is 6. The molecule has 1 aliphatic rings. The maximum absolute atomic E-state index is 14.1. The Kier molecular flexibility index (Phi) is 4.52. The average molecular weight is 378 g/mol. The Labute approximate surface area is 152 Å². The molecular formula is C17H14ClF2N5O. The Morgan fingerprint density at radius 2 is 2.04 bits per heavy atom. The number of anilines is 2. The van der Waals surface area contributed by atoms with E-state index < -0.39 is 11.6 Å². The predicted molar refractivity (Wildman–Crippen MR) is 93.9 cm³/mol. The van der Waals surface area contributed by atoms with Crippen molar-refractivity contribution in [3.63, 3.8) is 0 Å². The molecule has 26 heavy (non-hydrogen) atoms. The maximum Gasteiger partial charge on any atom is 0.214 e. The van der Waals surface area contributed by atoms with Gasteiger partial charge in [-0.3, -0.25) is 0 Å². The number of benzene rings is 1. The summed E-state index contributed by atoms with van der Waals surface area (Å²) in [7, 11) is 0. The standard InChI is InChI=1S/C17H14ClF2N5O/c18-10-1-2-11(15(20)14(10)19)24-17-16-12(22-8-23-17)3-4-13(25-16)26-9-5-6-21-7-9/h1-4,8-9,21H,5-7H2,(H,22,23,24)/t9-/m0/s1. The van der Waals surface area contributed by atoms with Crippen molar-refractivity contribution in [2.75, 3.05) is 18.4 Å². The van der Waals surface area contributed by atoms with Crippen molar-refractivity contribution in [2.45, 2.75) is 12.5 Å². The van der Waals surface area contributed by atoms with E-state index in [1.807, 2.05) is 0 Å². The highest BCUT2D eigenvalue weighted by atomic mass is 35.5. The Morgan fingerprint density at radius 3 is 2.85 bits per heavy atom. The van der Waals surface area contributed by atoms with Crippen LogP contribution >= 0.6 is 11.6 Å². The molecule has 0 unspecified atom stereocenters. The van der Waals surface area contributed by atoms with Crippen molar-refractivity contribution < 1.29 is 13.5 Å². The molecule has 9 heteroatoms. The van der Waals surface area contributed by atoms with Crippen molar-refractivity contribution in [3.8, 4) is 5.88 Å². The van der Waals surface area contributed by atoms with Gasteiger partial charge in [0.2, 0.25) is 5.88 Å². The predicted octanol–water partition coefficient (Wildman–Crippen LogP) is 3.44. The topological polar surface area (TPSA) is 72.0 Å². The van der Waals surface area contributed by atoms with E-state index in [9.17, 15) is 8.78 Å². The normalized spacial score (nSPS) is 16.8. The second-order valence-electron chi connectivity index (χ2n) is 5.82. The van der Waals surface area contributed by atoms with E-state index >= 15 is 0 Å². The SMILES string of the molecule is Fc1c(Cl)ccc(Nc2ncnc3ccc(O[C@H]4CCNC4)nc23)c1F. The summed E-state index contributed by atoms with van der Waals surface area (Å²) in [5, 5.41) is 5.67. The van der Waals surface area contributed by atoms with E-state index in [1.54, 1.807) is 12.1 Å². The molecule has 6 nitrogen and oxygen atoms in total. The van der Waals surface area contributed by atoms with Crippen molar-refractivity contribution in [1.82, 2.24) is 20.3 Å². The first-order chi connectivity index (χ1) is 12.6. The lowest BCUT2D eigenvalue weighted by Crippen LogP contribution is -2.20. The van der Waals surface area contributed by atoms with E-state index in [2.05, 4.69) is 25.6 Å². The van der Waals surface area contributed by atoms with Crippen LogP contribution in [0.2, 0.25) is 5.02 Å². The molecule has 134 valence electrons. The number of nitrogens with zero attached hydrogens (tertiary/aromatic N) is 3. The van der Waals surface area contributed by atoms with Gasteiger partial charge in [-0.15, -0.1) is 0 Å². The number of aromatic nitrogens is 3. The number of nitrogens with one attached hydrogen (secondary N) is 2. The summed E-state index contributed by atoms with van der Waals surface area (Å²) in [6.45, 7) is 1.65. The molecule has 1 saturated heterocycles. The maximum atomic E-state index is 14.1. The molecule has 4 rings (SSSR count). The Bertz CT molecular complexity index is 965. The van der Waals surface area contributed by atoms with Gasteiger partial charge >= 0.3 is 0 Å². The minimum Gasteiger partial charge on any atom is -0.473 e. The highest BCUT2D eigenvalue weighted by molar-refractivity contribution is 6.30. The molecule has 1 aliphatic heterocycles. The Morgan fingerprint density at radius 1 is 1.15 bits per heavy atom. The molecule has 1 fully saturated rings. The van der Waals surface area contributed by atoms with Crippen LogP contribution in [-0.4, -0.2) is 34.1 Å². The number of hydrogen-bond donors (Lipinski definition) is 2. The minimum absolute atomic E-state index is 0.0452. The summed E-state index contributed by atoms with van der Waals surface area (Å²) in [5.41, 5.74) is 0.847. The summed E-state index contributed by atoms with van der Waals surface area (Å²) in [5.74, 6) is -1.55. The van der Waals surface area contributed by atoms with Crippen molar-refractivity contribution >= 4 is 34.1 Å². The van der Waals surface area contributed by atoms with Crippen LogP contribution in [0.5, 0.6) is 5.88 Å². The number of fused-ring (bicyclic) bond motifs is 1. The third-order valence-corrected chi connectivity index (χ3v) is 4.34. The molecule has 0 saturated carbocycles. The van der Waals surface area contributed by atoms with Gasteiger partial charge in [-0.1, -0.05) is 11.6 Å². The van der Waals surface area contributed by atoms with E-state index in [0.29, 0.717) is 16.9 Å². The van der Waals surface area contributed by atoms with Crippen LogP contribution < -0.4 is 15.4 Å². The van der Waals surface area contributed by atoms with Crippen LogP contribution in [0.15, 0.2) is 30.6 Å². The lowest BCUT2D eigenvalue weighted by molar-refractivity contribution is 0.215. The zero-order chi connectivity index (χ0) is 18.1. The second kappa shape index (κ2) is 6.97. The summed E-state index contributed by atoms with van der Waals surface area (Å²) < 4.78 is 33.6. The minimum atomic E-state index is -1.12. The molecule has 3 heterocycles. The largest absolute Gasteiger partial charge is 0.473 e. The molecule has 0 aliphatic carbocycles. The average Bonchev–Trinajstić information content (AvgIpc) is 3.15. The van der Waals surface area contributed by atoms with Gasteiger partial charge in [0, 0.05) is 12.6 Å². The first-order valence-corrected chi connectivity index (χ1v) is 8.39. The summed E-state index contributed by atoms with van der Waals surface area (Å²) in [6.07, 6.45) is 2.26. The molecule has 1 atom stereocenters. The lowest BCUT2D eigenvalue weighted by atomic mass is 10.2. The van der Waals surface area contributed by atoms with Gasteiger partial charge in [0.05, 0.1) is 16.2 Å². The van der Waals surface area contributed by atoms with Crippen molar-refractivity contribution in [2.24, 2.45) is 0 Å². The van der Waals surface area contributed by atoms with E-state index in [1.165, 1.54) is 18.5 Å². The van der Waals surface area contributed by atoms with Crippen LogP contribution in [0.4, 0.5) is 20.3 Å². The van der Waals surface area contributed by atoms with Gasteiger partial charge in [0.25, 0.3) is 0 Å². The molecule has 0 bridgehead atoms. The summed E-state index contributed by atoms with van der Waals surface area (Å²) in [4.78, 5) is 12.7. The van der Waals surface area contributed by atoms with Crippen LogP contribution in [0, 0.1) is 11.6 Å². The molecule has 1 aromatic carbocycles. The van der Waals surface area contributed by atoms with Crippen LogP contribution in [0.1, 0.15) is 6.42 Å².